The summed E-state index contributed by atoms with van der Waals surface area (Å²) in [6, 6.07) is 0. The zero-order valence-electron chi connectivity index (χ0n) is 9.25. The van der Waals surface area contributed by atoms with Gasteiger partial charge >= 0.3 is 0 Å². The standard InChI is InChI=1S/C8H16O6S2/c1-15(9,10)13-7-5-3-4-6-8(7)14-16(2,11)12/h7-8H,3-6H2,1-2H3/t7-,8+. The number of hydrogen-bond donors (Lipinski definition) is 0. The van der Waals surface area contributed by atoms with Gasteiger partial charge in [0.1, 0.15) is 12.2 Å². The van der Waals surface area contributed by atoms with Crippen molar-refractivity contribution in [2.24, 2.45) is 0 Å². The molecule has 0 amide bonds. The van der Waals surface area contributed by atoms with E-state index in [4.69, 9.17) is 8.37 Å². The molecule has 0 N–H and O–H groups in total. The summed E-state index contributed by atoms with van der Waals surface area (Å²) in [6.45, 7) is 0. The molecule has 96 valence electrons. The van der Waals surface area contributed by atoms with Crippen molar-refractivity contribution < 1.29 is 25.2 Å². The van der Waals surface area contributed by atoms with Crippen LogP contribution >= 0.6 is 0 Å². The molecular weight excluding hydrogens is 256 g/mol. The maximum absolute atomic E-state index is 11.0. The van der Waals surface area contributed by atoms with E-state index in [1.165, 1.54) is 0 Å². The molecule has 1 fully saturated rings. The molecule has 2 atom stereocenters. The molecule has 8 heteroatoms. The van der Waals surface area contributed by atoms with Gasteiger partial charge in [0.15, 0.2) is 0 Å². The molecule has 1 aliphatic carbocycles. The highest BCUT2D eigenvalue weighted by Crippen LogP contribution is 2.25. The van der Waals surface area contributed by atoms with Crippen LogP contribution in [-0.2, 0) is 28.6 Å². The Kier molecular flexibility index (Phi) is 4.33. The lowest BCUT2D eigenvalue weighted by molar-refractivity contribution is 0.0323. The van der Waals surface area contributed by atoms with Gasteiger partial charge in [-0.1, -0.05) is 12.8 Å². The maximum Gasteiger partial charge on any atom is 0.264 e. The third-order valence-electron chi connectivity index (χ3n) is 2.24. The fraction of sp³-hybridized carbons (Fsp3) is 1.00. The summed E-state index contributed by atoms with van der Waals surface area (Å²) >= 11 is 0. The van der Waals surface area contributed by atoms with Crippen LogP contribution in [0.3, 0.4) is 0 Å². The zero-order valence-corrected chi connectivity index (χ0v) is 10.9. The van der Waals surface area contributed by atoms with Gasteiger partial charge in [-0.25, -0.2) is 0 Å². The molecule has 0 saturated heterocycles. The quantitative estimate of drug-likeness (QED) is 0.682. The van der Waals surface area contributed by atoms with Gasteiger partial charge in [0.2, 0.25) is 0 Å². The summed E-state index contributed by atoms with van der Waals surface area (Å²) in [7, 11) is -7.17. The fourth-order valence-corrected chi connectivity index (χ4v) is 3.07. The van der Waals surface area contributed by atoms with Crippen LogP contribution in [0.1, 0.15) is 25.7 Å². The Bertz CT molecular complexity index is 381. The molecule has 1 rings (SSSR count). The first-order valence-corrected chi connectivity index (χ1v) is 8.57. The fourth-order valence-electron chi connectivity index (χ4n) is 1.73. The first-order chi connectivity index (χ1) is 7.17. The lowest BCUT2D eigenvalue weighted by atomic mass is 9.95. The van der Waals surface area contributed by atoms with Crippen LogP contribution in [0.2, 0.25) is 0 Å². The first kappa shape index (κ1) is 13.9. The third kappa shape index (κ3) is 5.24. The van der Waals surface area contributed by atoms with Crippen LogP contribution in [0, 0.1) is 0 Å². The maximum atomic E-state index is 11.0. The minimum absolute atomic E-state index is 0.493. The van der Waals surface area contributed by atoms with Crippen LogP contribution in [0.5, 0.6) is 0 Å². The molecule has 0 unspecified atom stereocenters. The zero-order chi connectivity index (χ0) is 12.4. The smallest absolute Gasteiger partial charge is 0.264 e. The van der Waals surface area contributed by atoms with E-state index in [0.29, 0.717) is 12.8 Å². The summed E-state index contributed by atoms with van der Waals surface area (Å²) < 4.78 is 53.6. The van der Waals surface area contributed by atoms with Crippen molar-refractivity contribution >= 4 is 20.2 Å². The Morgan fingerprint density at radius 1 is 0.812 bits per heavy atom. The Morgan fingerprint density at radius 2 is 1.12 bits per heavy atom. The molecule has 0 aliphatic heterocycles. The summed E-state index contributed by atoms with van der Waals surface area (Å²) in [5.74, 6) is 0. The Hall–Kier alpha value is -0.180. The van der Waals surface area contributed by atoms with E-state index in [9.17, 15) is 16.8 Å². The van der Waals surface area contributed by atoms with E-state index in [-0.39, 0.29) is 0 Å². The molecule has 0 spiro atoms. The van der Waals surface area contributed by atoms with E-state index in [1.807, 2.05) is 0 Å². The molecule has 1 aliphatic rings. The normalized spacial score (nSPS) is 27.9. The number of rotatable bonds is 4. The minimum Gasteiger partial charge on any atom is -0.264 e. The lowest BCUT2D eigenvalue weighted by Crippen LogP contribution is -2.37. The summed E-state index contributed by atoms with van der Waals surface area (Å²) in [5.41, 5.74) is 0. The average molecular weight is 272 g/mol. The van der Waals surface area contributed by atoms with Gasteiger partial charge in [-0.2, -0.15) is 16.8 Å². The molecule has 0 heterocycles. The summed E-state index contributed by atoms with van der Waals surface area (Å²) in [4.78, 5) is 0. The van der Waals surface area contributed by atoms with Gasteiger partial charge in [-0.05, 0) is 12.8 Å². The van der Waals surface area contributed by atoms with E-state index < -0.39 is 32.4 Å². The van der Waals surface area contributed by atoms with Crippen LogP contribution in [0.4, 0.5) is 0 Å². The van der Waals surface area contributed by atoms with Crippen molar-refractivity contribution in [3.05, 3.63) is 0 Å². The predicted octanol–water partition coefficient (Wildman–Crippen LogP) is 0.250. The van der Waals surface area contributed by atoms with Crippen molar-refractivity contribution in [1.82, 2.24) is 0 Å². The topological polar surface area (TPSA) is 86.7 Å². The van der Waals surface area contributed by atoms with E-state index in [1.54, 1.807) is 0 Å². The van der Waals surface area contributed by atoms with Gasteiger partial charge in [0.25, 0.3) is 20.2 Å². The molecule has 1 saturated carbocycles. The highest BCUT2D eigenvalue weighted by molar-refractivity contribution is 7.86. The third-order valence-corrected chi connectivity index (χ3v) is 3.43. The second-order valence-corrected chi connectivity index (χ2v) is 7.16. The van der Waals surface area contributed by atoms with Crippen LogP contribution in [0.15, 0.2) is 0 Å². The van der Waals surface area contributed by atoms with Crippen LogP contribution < -0.4 is 0 Å². The largest absolute Gasteiger partial charge is 0.264 e. The Morgan fingerprint density at radius 3 is 1.38 bits per heavy atom. The molecular formula is C8H16O6S2. The van der Waals surface area contributed by atoms with E-state index in [2.05, 4.69) is 0 Å². The van der Waals surface area contributed by atoms with E-state index >= 15 is 0 Å². The lowest BCUT2D eigenvalue weighted by Gasteiger charge is -2.29. The van der Waals surface area contributed by atoms with Crippen molar-refractivity contribution in [2.75, 3.05) is 12.5 Å². The molecule has 0 aromatic heterocycles. The highest BCUT2D eigenvalue weighted by Gasteiger charge is 2.32. The molecule has 6 nitrogen and oxygen atoms in total. The van der Waals surface area contributed by atoms with Crippen LogP contribution in [0.25, 0.3) is 0 Å². The first-order valence-electron chi connectivity index (χ1n) is 4.94. The molecule has 0 radical (unpaired) electrons. The highest BCUT2D eigenvalue weighted by atomic mass is 32.2. The second-order valence-electron chi connectivity index (χ2n) is 3.96. The summed E-state index contributed by atoms with van der Waals surface area (Å²) in [6.07, 6.45) is 3.10. The van der Waals surface area contributed by atoms with Gasteiger partial charge in [0, 0.05) is 0 Å². The van der Waals surface area contributed by atoms with Gasteiger partial charge in [-0.15, -0.1) is 0 Å². The monoisotopic (exact) mass is 272 g/mol. The van der Waals surface area contributed by atoms with Gasteiger partial charge in [-0.3, -0.25) is 8.37 Å². The van der Waals surface area contributed by atoms with Crippen molar-refractivity contribution in [3.8, 4) is 0 Å². The molecule has 0 aromatic carbocycles. The SMILES string of the molecule is CS(=O)(=O)O[C@H]1CCCC[C@H]1OS(C)(=O)=O. The van der Waals surface area contributed by atoms with E-state index in [0.717, 1.165) is 25.4 Å². The molecule has 16 heavy (non-hydrogen) atoms. The van der Waals surface area contributed by atoms with Gasteiger partial charge in [0.05, 0.1) is 12.5 Å². The van der Waals surface area contributed by atoms with Crippen molar-refractivity contribution in [2.45, 2.75) is 37.9 Å². The summed E-state index contributed by atoms with van der Waals surface area (Å²) in [5, 5.41) is 0. The van der Waals surface area contributed by atoms with Crippen molar-refractivity contribution in [1.29, 1.82) is 0 Å². The predicted molar refractivity (Wildman–Crippen MR) is 57.9 cm³/mol. The van der Waals surface area contributed by atoms with Crippen LogP contribution in [-0.4, -0.2) is 41.6 Å². The minimum atomic E-state index is -3.59. The Labute approximate surface area is 96.2 Å². The molecule has 0 aromatic rings. The Balaban J connectivity index is 2.72. The molecule has 0 bridgehead atoms. The van der Waals surface area contributed by atoms with Crippen molar-refractivity contribution in [3.63, 3.8) is 0 Å². The van der Waals surface area contributed by atoms with Gasteiger partial charge < -0.3 is 0 Å². The second kappa shape index (κ2) is 4.99. The average Bonchev–Trinajstić information content (AvgIpc) is 2.03. The number of hydrogen-bond acceptors (Lipinski definition) is 6.